The Kier molecular flexibility index (Phi) is 6.28. The number of rotatable bonds is 6. The Balaban J connectivity index is 1.59. The van der Waals surface area contributed by atoms with Crippen LogP contribution in [-0.2, 0) is 11.2 Å². The van der Waals surface area contributed by atoms with E-state index < -0.39 is 0 Å². The van der Waals surface area contributed by atoms with Crippen LogP contribution < -0.4 is 5.43 Å². The second-order valence-corrected chi connectivity index (χ2v) is 5.59. The van der Waals surface area contributed by atoms with Crippen LogP contribution >= 0.6 is 0 Å². The zero-order chi connectivity index (χ0) is 14.0. The second-order valence-electron chi connectivity index (χ2n) is 5.59. The molecule has 3 nitrogen and oxygen atoms in total. The average molecular weight is 272 g/mol. The van der Waals surface area contributed by atoms with Crippen molar-refractivity contribution in [2.24, 2.45) is 11.0 Å². The molecule has 1 aromatic rings. The average Bonchev–Trinajstić information content (AvgIpc) is 2.49. The molecule has 3 heteroatoms. The number of nitrogens with zero attached hydrogens (tertiary/aromatic N) is 1. The molecule has 1 saturated carbocycles. The molecule has 1 amide bonds. The van der Waals surface area contributed by atoms with Gasteiger partial charge in [-0.2, -0.15) is 5.10 Å². The molecule has 0 saturated heterocycles. The fourth-order valence-electron chi connectivity index (χ4n) is 2.79. The van der Waals surface area contributed by atoms with Gasteiger partial charge in [-0.15, -0.1) is 0 Å². The fraction of sp³-hybridized carbons (Fsp3) is 0.529. The molecule has 0 aromatic heterocycles. The Bertz CT molecular complexity index is 422. The van der Waals surface area contributed by atoms with Gasteiger partial charge in [-0.05, 0) is 24.3 Å². The minimum absolute atomic E-state index is 0.0508. The number of hydrazone groups is 1. The number of benzene rings is 1. The van der Waals surface area contributed by atoms with E-state index >= 15 is 0 Å². The summed E-state index contributed by atoms with van der Waals surface area (Å²) >= 11 is 0. The number of nitrogens with one attached hydrogen (secondary N) is 1. The summed E-state index contributed by atoms with van der Waals surface area (Å²) in [6.07, 6.45) is 11.3. The van der Waals surface area contributed by atoms with E-state index in [9.17, 15) is 4.79 Å². The highest BCUT2D eigenvalue weighted by Gasteiger charge is 2.11. The predicted molar refractivity (Wildman–Crippen MR) is 82.6 cm³/mol. The first kappa shape index (κ1) is 14.8. The lowest BCUT2D eigenvalue weighted by Crippen LogP contribution is -2.19. The van der Waals surface area contributed by atoms with Gasteiger partial charge in [-0.1, -0.05) is 62.4 Å². The first-order valence-corrected chi connectivity index (χ1v) is 7.69. The Hall–Kier alpha value is -1.64. The molecule has 108 valence electrons. The predicted octanol–water partition coefficient (Wildman–Crippen LogP) is 3.69. The molecular weight excluding hydrogens is 248 g/mol. The summed E-state index contributed by atoms with van der Waals surface area (Å²) in [4.78, 5) is 11.7. The van der Waals surface area contributed by atoms with Crippen molar-refractivity contribution in [3.63, 3.8) is 0 Å². The SMILES string of the molecule is O=C(Cc1ccccc1)N/N=C/CCC1CCCCC1. The van der Waals surface area contributed by atoms with E-state index in [-0.39, 0.29) is 5.91 Å². The van der Waals surface area contributed by atoms with Gasteiger partial charge in [0.15, 0.2) is 0 Å². The molecule has 0 aliphatic heterocycles. The van der Waals surface area contributed by atoms with Crippen molar-refractivity contribution in [2.45, 2.75) is 51.4 Å². The number of carbonyl (C=O) groups excluding carboxylic acids is 1. The molecule has 0 unspecified atom stereocenters. The lowest BCUT2D eigenvalue weighted by Gasteiger charge is -2.20. The molecule has 0 radical (unpaired) electrons. The minimum atomic E-state index is -0.0508. The first-order chi connectivity index (χ1) is 9.84. The summed E-state index contributed by atoms with van der Waals surface area (Å²) in [6, 6.07) is 9.73. The highest BCUT2D eigenvalue weighted by molar-refractivity contribution is 5.79. The summed E-state index contributed by atoms with van der Waals surface area (Å²) in [5, 5.41) is 4.03. The van der Waals surface area contributed by atoms with Gasteiger partial charge in [-0.25, -0.2) is 5.43 Å². The lowest BCUT2D eigenvalue weighted by molar-refractivity contribution is -0.120. The standard InChI is InChI=1S/C17H24N2O/c20-17(14-16-10-5-2-6-11-16)19-18-13-7-12-15-8-3-1-4-9-15/h2,5-6,10-11,13,15H,1,3-4,7-9,12,14H2,(H,19,20)/b18-13+. The van der Waals surface area contributed by atoms with E-state index in [1.807, 2.05) is 36.5 Å². The maximum atomic E-state index is 11.7. The molecule has 1 N–H and O–H groups in total. The van der Waals surface area contributed by atoms with Crippen molar-refractivity contribution < 1.29 is 4.79 Å². The van der Waals surface area contributed by atoms with E-state index in [1.165, 1.54) is 38.5 Å². The van der Waals surface area contributed by atoms with Gasteiger partial charge >= 0.3 is 0 Å². The van der Waals surface area contributed by atoms with Crippen LogP contribution in [0.4, 0.5) is 0 Å². The molecule has 1 fully saturated rings. The normalized spacial score (nSPS) is 16.4. The molecule has 0 spiro atoms. The van der Waals surface area contributed by atoms with Crippen LogP contribution in [0.25, 0.3) is 0 Å². The molecule has 0 atom stereocenters. The highest BCUT2D eigenvalue weighted by atomic mass is 16.2. The molecule has 1 aliphatic rings. The third-order valence-electron chi connectivity index (χ3n) is 3.92. The molecular formula is C17H24N2O. The van der Waals surface area contributed by atoms with Crippen LogP contribution in [0.5, 0.6) is 0 Å². The number of hydrogen-bond donors (Lipinski definition) is 1. The van der Waals surface area contributed by atoms with Gasteiger partial charge in [0.1, 0.15) is 0 Å². The second kappa shape index (κ2) is 8.51. The summed E-state index contributed by atoms with van der Waals surface area (Å²) in [5.41, 5.74) is 3.62. The third-order valence-corrected chi connectivity index (χ3v) is 3.92. The van der Waals surface area contributed by atoms with Gasteiger partial charge in [0.2, 0.25) is 5.91 Å². The Morgan fingerprint density at radius 1 is 1.20 bits per heavy atom. The van der Waals surface area contributed by atoms with Crippen LogP contribution in [0, 0.1) is 5.92 Å². The Morgan fingerprint density at radius 2 is 1.95 bits per heavy atom. The maximum absolute atomic E-state index is 11.7. The largest absolute Gasteiger partial charge is 0.273 e. The first-order valence-electron chi connectivity index (χ1n) is 7.69. The Labute approximate surface area is 121 Å². The summed E-state index contributed by atoms with van der Waals surface area (Å²) < 4.78 is 0. The topological polar surface area (TPSA) is 41.5 Å². The molecule has 1 aromatic carbocycles. The maximum Gasteiger partial charge on any atom is 0.244 e. The third kappa shape index (κ3) is 5.55. The van der Waals surface area contributed by atoms with E-state index in [0.717, 1.165) is 17.9 Å². The number of hydrogen-bond acceptors (Lipinski definition) is 2. The van der Waals surface area contributed by atoms with Crippen molar-refractivity contribution in [3.05, 3.63) is 35.9 Å². The lowest BCUT2D eigenvalue weighted by atomic mass is 9.86. The Morgan fingerprint density at radius 3 is 2.70 bits per heavy atom. The van der Waals surface area contributed by atoms with Gasteiger partial charge in [0.25, 0.3) is 0 Å². The number of carbonyl (C=O) groups is 1. The van der Waals surface area contributed by atoms with Crippen molar-refractivity contribution in [1.82, 2.24) is 5.43 Å². The van der Waals surface area contributed by atoms with Gasteiger partial charge in [0, 0.05) is 6.21 Å². The summed E-state index contributed by atoms with van der Waals surface area (Å²) in [6.45, 7) is 0. The monoisotopic (exact) mass is 272 g/mol. The highest BCUT2D eigenvalue weighted by Crippen LogP contribution is 2.26. The van der Waals surface area contributed by atoms with Crippen molar-refractivity contribution in [2.75, 3.05) is 0 Å². The van der Waals surface area contributed by atoms with E-state index in [4.69, 9.17) is 0 Å². The minimum Gasteiger partial charge on any atom is -0.273 e. The van der Waals surface area contributed by atoms with Crippen LogP contribution in [0.2, 0.25) is 0 Å². The van der Waals surface area contributed by atoms with Gasteiger partial charge in [-0.3, -0.25) is 4.79 Å². The van der Waals surface area contributed by atoms with Crippen molar-refractivity contribution in [3.8, 4) is 0 Å². The van der Waals surface area contributed by atoms with Crippen LogP contribution in [0.15, 0.2) is 35.4 Å². The van der Waals surface area contributed by atoms with E-state index in [2.05, 4.69) is 10.5 Å². The molecule has 20 heavy (non-hydrogen) atoms. The van der Waals surface area contributed by atoms with Crippen LogP contribution in [0.3, 0.4) is 0 Å². The van der Waals surface area contributed by atoms with Gasteiger partial charge in [0.05, 0.1) is 6.42 Å². The van der Waals surface area contributed by atoms with E-state index in [0.29, 0.717) is 6.42 Å². The summed E-state index contributed by atoms with van der Waals surface area (Å²) in [5.74, 6) is 0.820. The quantitative estimate of drug-likeness (QED) is 0.622. The van der Waals surface area contributed by atoms with Crippen LogP contribution in [0.1, 0.15) is 50.5 Å². The van der Waals surface area contributed by atoms with E-state index in [1.54, 1.807) is 0 Å². The van der Waals surface area contributed by atoms with Crippen molar-refractivity contribution >= 4 is 12.1 Å². The van der Waals surface area contributed by atoms with Crippen LogP contribution in [-0.4, -0.2) is 12.1 Å². The summed E-state index contributed by atoms with van der Waals surface area (Å²) in [7, 11) is 0. The fourth-order valence-corrected chi connectivity index (χ4v) is 2.79. The zero-order valence-corrected chi connectivity index (χ0v) is 12.1. The molecule has 1 aliphatic carbocycles. The molecule has 2 rings (SSSR count). The smallest absolute Gasteiger partial charge is 0.244 e. The zero-order valence-electron chi connectivity index (χ0n) is 12.1. The number of amides is 1. The van der Waals surface area contributed by atoms with Crippen molar-refractivity contribution in [1.29, 1.82) is 0 Å². The molecule has 0 heterocycles. The van der Waals surface area contributed by atoms with Gasteiger partial charge < -0.3 is 0 Å². The molecule has 0 bridgehead atoms.